The summed E-state index contributed by atoms with van der Waals surface area (Å²) in [4.78, 5) is 12.8. The molecular formula is C18H17ClN3O3S+. The number of nitro benzene ring substituents is 1. The number of non-ortho nitro benzene ring substituents is 1. The number of rotatable bonds is 3. The van der Waals surface area contributed by atoms with Crippen LogP contribution in [-0.4, -0.2) is 38.6 Å². The van der Waals surface area contributed by atoms with E-state index < -0.39 is 10.6 Å². The minimum atomic E-state index is -1.31. The molecule has 2 aliphatic heterocycles. The van der Waals surface area contributed by atoms with Gasteiger partial charge < -0.3 is 5.11 Å². The van der Waals surface area contributed by atoms with Crippen LogP contribution in [0.4, 0.5) is 11.4 Å². The second-order valence-corrected chi connectivity index (χ2v) is 7.82. The van der Waals surface area contributed by atoms with Crippen molar-refractivity contribution in [3.05, 3.63) is 69.2 Å². The highest BCUT2D eigenvalue weighted by molar-refractivity contribution is 8.13. The predicted octanol–water partition coefficient (Wildman–Crippen LogP) is 3.42. The Bertz CT molecular complexity index is 903. The number of amidine groups is 1. The molecule has 0 spiro atoms. The van der Waals surface area contributed by atoms with Crippen molar-refractivity contribution in [2.45, 2.75) is 12.1 Å². The number of halogens is 1. The third kappa shape index (κ3) is 2.86. The van der Waals surface area contributed by atoms with E-state index >= 15 is 0 Å². The van der Waals surface area contributed by atoms with Crippen molar-refractivity contribution >= 4 is 39.9 Å². The minimum absolute atomic E-state index is 0.0212. The largest absolute Gasteiger partial charge is 0.346 e. The van der Waals surface area contributed by atoms with Crippen molar-refractivity contribution in [1.82, 2.24) is 0 Å². The SMILES string of the molecule is O=[N+]([O-])c1cccc([C@@]2(O)CN(c3ccc(Cl)cc3)C3=[N+]2CCCS3)c1. The van der Waals surface area contributed by atoms with E-state index in [-0.39, 0.29) is 5.69 Å². The fraction of sp³-hybridized carbons (Fsp3) is 0.278. The van der Waals surface area contributed by atoms with E-state index in [2.05, 4.69) is 4.90 Å². The van der Waals surface area contributed by atoms with Gasteiger partial charge in [-0.25, -0.2) is 9.48 Å². The third-order valence-corrected chi connectivity index (χ3v) is 6.15. The fourth-order valence-corrected chi connectivity index (χ4v) is 4.74. The highest BCUT2D eigenvalue weighted by Crippen LogP contribution is 2.38. The van der Waals surface area contributed by atoms with Gasteiger partial charge in [-0.2, -0.15) is 0 Å². The molecule has 2 aromatic rings. The van der Waals surface area contributed by atoms with Crippen molar-refractivity contribution in [2.75, 3.05) is 23.7 Å². The fourth-order valence-electron chi connectivity index (χ4n) is 3.44. The van der Waals surface area contributed by atoms with Gasteiger partial charge in [0.1, 0.15) is 5.69 Å². The van der Waals surface area contributed by atoms with Crippen molar-refractivity contribution in [3.63, 3.8) is 0 Å². The van der Waals surface area contributed by atoms with E-state index in [1.807, 2.05) is 28.8 Å². The second-order valence-electron chi connectivity index (χ2n) is 6.32. The molecule has 0 saturated carbocycles. The summed E-state index contributed by atoms with van der Waals surface area (Å²) in [5.41, 5.74) is 0.134. The lowest BCUT2D eigenvalue weighted by molar-refractivity contribution is -0.656. The summed E-state index contributed by atoms with van der Waals surface area (Å²) >= 11 is 7.69. The summed E-state index contributed by atoms with van der Waals surface area (Å²) in [6.45, 7) is 1.00. The smallest absolute Gasteiger partial charge is 0.316 e. The average molecular weight is 391 g/mol. The van der Waals surface area contributed by atoms with E-state index in [9.17, 15) is 15.2 Å². The Morgan fingerprint density at radius 2 is 2.04 bits per heavy atom. The molecule has 2 heterocycles. The molecule has 1 atom stereocenters. The number of β-amino-alcohol motifs (C(OH)–C–C–N with tert-alkyl or cyclic N) is 1. The number of nitro groups is 1. The van der Waals surface area contributed by atoms with Crippen LogP contribution in [0.15, 0.2) is 48.5 Å². The molecule has 134 valence electrons. The summed E-state index contributed by atoms with van der Waals surface area (Å²) in [5, 5.41) is 24.3. The van der Waals surface area contributed by atoms with E-state index in [0.717, 1.165) is 23.0 Å². The van der Waals surface area contributed by atoms with Crippen molar-refractivity contribution in [3.8, 4) is 0 Å². The molecule has 6 nitrogen and oxygen atoms in total. The lowest BCUT2D eigenvalue weighted by Gasteiger charge is -2.24. The van der Waals surface area contributed by atoms with E-state index in [4.69, 9.17) is 11.6 Å². The van der Waals surface area contributed by atoms with Crippen LogP contribution in [-0.2, 0) is 5.72 Å². The molecule has 4 rings (SSSR count). The molecule has 2 aromatic carbocycles. The Balaban J connectivity index is 1.80. The molecule has 0 saturated heterocycles. The lowest BCUT2D eigenvalue weighted by atomic mass is 10.0. The summed E-state index contributed by atoms with van der Waals surface area (Å²) in [6, 6.07) is 13.7. The maximum atomic E-state index is 11.6. The van der Waals surface area contributed by atoms with E-state index in [1.54, 1.807) is 23.9 Å². The maximum Gasteiger partial charge on any atom is 0.316 e. The first-order valence-corrected chi connectivity index (χ1v) is 9.63. The van der Waals surface area contributed by atoms with Crippen LogP contribution in [0.5, 0.6) is 0 Å². The molecule has 0 aromatic heterocycles. The van der Waals surface area contributed by atoms with Gasteiger partial charge in [0.2, 0.25) is 0 Å². The zero-order valence-electron chi connectivity index (χ0n) is 13.8. The number of benzene rings is 2. The van der Waals surface area contributed by atoms with Crippen molar-refractivity contribution in [1.29, 1.82) is 0 Å². The first kappa shape index (κ1) is 17.3. The van der Waals surface area contributed by atoms with Gasteiger partial charge in [0.15, 0.2) is 6.54 Å². The van der Waals surface area contributed by atoms with Crippen LogP contribution in [0, 0.1) is 10.1 Å². The molecule has 0 fully saturated rings. The highest BCUT2D eigenvalue weighted by atomic mass is 35.5. The molecule has 8 heteroatoms. The molecule has 0 amide bonds. The maximum absolute atomic E-state index is 11.6. The first-order chi connectivity index (χ1) is 12.5. The number of anilines is 1. The monoisotopic (exact) mass is 390 g/mol. The quantitative estimate of drug-likeness (QED) is 0.494. The number of hydrogen-bond acceptors (Lipinski definition) is 5. The molecule has 0 radical (unpaired) electrons. The summed E-state index contributed by atoms with van der Waals surface area (Å²) < 4.78 is 1.95. The Hall–Kier alpha value is -2.09. The van der Waals surface area contributed by atoms with Crippen LogP contribution in [0.25, 0.3) is 0 Å². The van der Waals surface area contributed by atoms with E-state index in [0.29, 0.717) is 23.7 Å². The Morgan fingerprint density at radius 3 is 2.77 bits per heavy atom. The number of hydrogen-bond donors (Lipinski definition) is 1. The van der Waals surface area contributed by atoms with Crippen LogP contribution in [0.2, 0.25) is 5.02 Å². The van der Waals surface area contributed by atoms with Crippen molar-refractivity contribution < 1.29 is 14.6 Å². The van der Waals surface area contributed by atoms with Crippen LogP contribution in [0.3, 0.4) is 0 Å². The second kappa shape index (κ2) is 6.57. The summed E-state index contributed by atoms with van der Waals surface area (Å²) in [7, 11) is 0. The molecule has 0 bridgehead atoms. The summed E-state index contributed by atoms with van der Waals surface area (Å²) in [5.74, 6) is 0.973. The van der Waals surface area contributed by atoms with Gasteiger partial charge in [0.25, 0.3) is 11.4 Å². The van der Waals surface area contributed by atoms with Gasteiger partial charge in [-0.3, -0.25) is 10.1 Å². The number of thioether (sulfide) groups is 1. The van der Waals surface area contributed by atoms with Gasteiger partial charge in [-0.15, -0.1) is 0 Å². The molecule has 1 N–H and O–H groups in total. The van der Waals surface area contributed by atoms with Crippen LogP contribution in [0.1, 0.15) is 12.0 Å². The molecule has 0 unspecified atom stereocenters. The Labute approximate surface area is 159 Å². The van der Waals surface area contributed by atoms with Gasteiger partial charge in [0.05, 0.1) is 11.5 Å². The average Bonchev–Trinajstić information content (AvgIpc) is 2.97. The summed E-state index contributed by atoms with van der Waals surface area (Å²) in [6.07, 6.45) is 0.944. The van der Waals surface area contributed by atoms with Crippen LogP contribution < -0.4 is 4.90 Å². The predicted molar refractivity (Wildman–Crippen MR) is 103 cm³/mol. The minimum Gasteiger partial charge on any atom is -0.346 e. The normalized spacial score (nSPS) is 22.5. The first-order valence-electron chi connectivity index (χ1n) is 8.27. The van der Waals surface area contributed by atoms with Gasteiger partial charge >= 0.3 is 5.17 Å². The van der Waals surface area contributed by atoms with Crippen molar-refractivity contribution in [2.24, 2.45) is 0 Å². The zero-order chi connectivity index (χ0) is 18.3. The number of nitrogens with zero attached hydrogens (tertiary/aromatic N) is 3. The lowest BCUT2D eigenvalue weighted by Crippen LogP contribution is -2.41. The zero-order valence-corrected chi connectivity index (χ0v) is 15.4. The highest BCUT2D eigenvalue weighted by Gasteiger charge is 2.53. The van der Waals surface area contributed by atoms with Gasteiger partial charge in [-0.1, -0.05) is 23.7 Å². The van der Waals surface area contributed by atoms with Gasteiger partial charge in [-0.05, 0) is 42.4 Å². The van der Waals surface area contributed by atoms with Crippen LogP contribution >= 0.6 is 23.4 Å². The third-order valence-electron chi connectivity index (χ3n) is 4.70. The molecule has 0 aliphatic carbocycles. The van der Waals surface area contributed by atoms with E-state index in [1.165, 1.54) is 12.1 Å². The Morgan fingerprint density at radius 1 is 1.27 bits per heavy atom. The molecule has 2 aliphatic rings. The topological polar surface area (TPSA) is 69.6 Å². The molecular weight excluding hydrogens is 374 g/mol. The van der Waals surface area contributed by atoms with Gasteiger partial charge in [0, 0.05) is 28.5 Å². The molecule has 26 heavy (non-hydrogen) atoms. The number of aliphatic hydroxyl groups is 1. The standard InChI is InChI=1S/C18H17ClN3O3S/c19-14-5-7-15(8-6-14)20-12-18(23,21-9-2-10-26-17(20)21)13-3-1-4-16(11-13)22(24)25/h1,3-8,11,23H,2,9-10,12H2/q+1/t18-/m0/s1. The Kier molecular flexibility index (Phi) is 4.38.